The number of aromatic nitrogens is 2. The topological polar surface area (TPSA) is 70.1 Å². The third-order valence-corrected chi connectivity index (χ3v) is 3.34. The number of rotatable bonds is 6. The molecule has 3 N–H and O–H groups in total. The second-order valence-electron chi connectivity index (χ2n) is 4.22. The zero-order valence-corrected chi connectivity index (χ0v) is 11.0. The van der Waals surface area contributed by atoms with E-state index in [1.807, 2.05) is 19.2 Å². The zero-order chi connectivity index (χ0) is 12.3. The number of thioether (sulfide) groups is 1. The van der Waals surface area contributed by atoms with Crippen LogP contribution in [0.15, 0.2) is 11.2 Å². The summed E-state index contributed by atoms with van der Waals surface area (Å²) in [5.74, 6) is 1.61. The molecule has 1 aliphatic carbocycles. The molecule has 6 heteroatoms. The molecule has 0 saturated heterocycles. The van der Waals surface area contributed by atoms with Crippen LogP contribution < -0.4 is 10.6 Å². The molecule has 17 heavy (non-hydrogen) atoms. The van der Waals surface area contributed by atoms with Crippen molar-refractivity contribution in [2.45, 2.75) is 30.5 Å². The summed E-state index contributed by atoms with van der Waals surface area (Å²) in [6.45, 7) is 3.02. The number of anilines is 2. The molecule has 0 atom stereocenters. The number of aliphatic hydroxyl groups is 1. The Morgan fingerprint density at radius 2 is 2.12 bits per heavy atom. The first kappa shape index (κ1) is 12.4. The van der Waals surface area contributed by atoms with Gasteiger partial charge in [0.1, 0.15) is 11.6 Å². The lowest BCUT2D eigenvalue weighted by atomic mass is 10.3. The maximum atomic E-state index is 9.29. The number of nitrogens with one attached hydrogen (secondary N) is 2. The Labute approximate surface area is 105 Å². The highest BCUT2D eigenvalue weighted by Crippen LogP contribution is 2.38. The van der Waals surface area contributed by atoms with Crippen LogP contribution in [0.5, 0.6) is 0 Å². The van der Waals surface area contributed by atoms with Crippen molar-refractivity contribution < 1.29 is 5.11 Å². The van der Waals surface area contributed by atoms with Gasteiger partial charge in [0.25, 0.3) is 0 Å². The predicted octanol–water partition coefficient (Wildman–Crippen LogP) is 1.57. The van der Waals surface area contributed by atoms with Crippen molar-refractivity contribution in [2.75, 3.05) is 30.0 Å². The first-order chi connectivity index (χ1) is 8.21. The van der Waals surface area contributed by atoms with Gasteiger partial charge in [0, 0.05) is 12.6 Å². The van der Waals surface area contributed by atoms with Gasteiger partial charge in [0.15, 0.2) is 5.16 Å². The second kappa shape index (κ2) is 5.10. The maximum Gasteiger partial charge on any atom is 0.191 e. The van der Waals surface area contributed by atoms with Crippen LogP contribution in [0, 0.1) is 0 Å². The first-order valence-electron chi connectivity index (χ1n) is 5.77. The van der Waals surface area contributed by atoms with Crippen LogP contribution in [0.4, 0.5) is 11.6 Å². The third kappa shape index (κ3) is 3.01. The van der Waals surface area contributed by atoms with Crippen LogP contribution in [0.25, 0.3) is 0 Å². The van der Waals surface area contributed by atoms with Crippen molar-refractivity contribution in [1.29, 1.82) is 0 Å². The molecule has 0 aliphatic heterocycles. The van der Waals surface area contributed by atoms with E-state index >= 15 is 0 Å². The molecule has 94 valence electrons. The average Bonchev–Trinajstić information content (AvgIpc) is 3.09. The number of hydrogen-bond acceptors (Lipinski definition) is 6. The number of nitrogens with zero attached hydrogens (tertiary/aromatic N) is 2. The zero-order valence-electron chi connectivity index (χ0n) is 10.2. The predicted molar refractivity (Wildman–Crippen MR) is 70.7 cm³/mol. The summed E-state index contributed by atoms with van der Waals surface area (Å²) in [5.41, 5.74) is -0.145. The van der Waals surface area contributed by atoms with Crippen LogP contribution >= 0.6 is 11.8 Å². The lowest BCUT2D eigenvalue weighted by Gasteiger charge is -2.16. The van der Waals surface area contributed by atoms with Gasteiger partial charge in [-0.25, -0.2) is 9.97 Å². The molecular weight excluding hydrogens is 236 g/mol. The molecule has 1 fully saturated rings. The van der Waals surface area contributed by atoms with Crippen LogP contribution in [0.1, 0.15) is 19.8 Å². The van der Waals surface area contributed by atoms with Gasteiger partial charge in [0.05, 0.1) is 12.1 Å². The Bertz CT molecular complexity index is 395. The van der Waals surface area contributed by atoms with Crippen LogP contribution in [0.3, 0.4) is 0 Å². The molecule has 1 saturated carbocycles. The van der Waals surface area contributed by atoms with Gasteiger partial charge >= 0.3 is 0 Å². The van der Waals surface area contributed by atoms with Crippen LogP contribution in [0.2, 0.25) is 0 Å². The average molecular weight is 254 g/mol. The quantitative estimate of drug-likeness (QED) is 0.529. The Morgan fingerprint density at radius 1 is 1.41 bits per heavy atom. The molecule has 0 bridgehead atoms. The van der Waals surface area contributed by atoms with Crippen LogP contribution in [-0.2, 0) is 0 Å². The van der Waals surface area contributed by atoms with Crippen molar-refractivity contribution in [2.24, 2.45) is 0 Å². The normalized spacial score (nSPS) is 16.6. The molecular formula is C11H18N4OS. The third-order valence-electron chi connectivity index (χ3n) is 2.80. The van der Waals surface area contributed by atoms with E-state index in [0.717, 1.165) is 36.2 Å². The first-order valence-corrected chi connectivity index (χ1v) is 7.00. The highest BCUT2D eigenvalue weighted by Gasteiger charge is 2.42. The molecule has 0 spiro atoms. The molecule has 1 heterocycles. The van der Waals surface area contributed by atoms with Crippen molar-refractivity contribution in [1.82, 2.24) is 9.97 Å². The summed E-state index contributed by atoms with van der Waals surface area (Å²) in [4.78, 5) is 8.75. The van der Waals surface area contributed by atoms with E-state index in [0.29, 0.717) is 0 Å². The fraction of sp³-hybridized carbons (Fsp3) is 0.636. The van der Waals surface area contributed by atoms with E-state index in [-0.39, 0.29) is 12.1 Å². The van der Waals surface area contributed by atoms with Gasteiger partial charge in [0.2, 0.25) is 0 Å². The molecule has 0 amide bonds. The Balaban J connectivity index is 2.17. The molecule has 1 aliphatic rings. The summed E-state index contributed by atoms with van der Waals surface area (Å²) in [7, 11) is 0. The smallest absolute Gasteiger partial charge is 0.191 e. The van der Waals surface area contributed by atoms with E-state index in [1.54, 1.807) is 0 Å². The molecule has 0 unspecified atom stereocenters. The van der Waals surface area contributed by atoms with Gasteiger partial charge in [-0.1, -0.05) is 11.8 Å². The SMILES string of the molecule is CCNc1cc(NC2(CO)CC2)nc(SC)n1. The van der Waals surface area contributed by atoms with Gasteiger partial charge in [-0.2, -0.15) is 0 Å². The minimum Gasteiger partial charge on any atom is -0.394 e. The largest absolute Gasteiger partial charge is 0.394 e. The minimum absolute atomic E-state index is 0.145. The van der Waals surface area contributed by atoms with Gasteiger partial charge in [-0.3, -0.25) is 0 Å². The second-order valence-corrected chi connectivity index (χ2v) is 4.99. The van der Waals surface area contributed by atoms with E-state index in [2.05, 4.69) is 20.6 Å². The molecule has 2 rings (SSSR count). The maximum absolute atomic E-state index is 9.29. The molecule has 0 radical (unpaired) electrons. The summed E-state index contributed by atoms with van der Waals surface area (Å²) in [6, 6.07) is 1.89. The number of aliphatic hydroxyl groups excluding tert-OH is 1. The fourth-order valence-corrected chi connectivity index (χ4v) is 1.98. The molecule has 0 aromatic carbocycles. The van der Waals surface area contributed by atoms with Crippen molar-refractivity contribution in [3.05, 3.63) is 6.07 Å². The molecule has 1 aromatic rings. The summed E-state index contributed by atoms with van der Waals surface area (Å²) < 4.78 is 0. The lowest BCUT2D eigenvalue weighted by molar-refractivity contribution is 0.266. The standard InChI is InChI=1S/C11H18N4OS/c1-3-12-8-6-9(14-10(13-8)17-2)15-11(7-16)4-5-11/h6,16H,3-5,7H2,1-2H3,(H2,12,13,14,15). The number of hydrogen-bond donors (Lipinski definition) is 3. The molecule has 1 aromatic heterocycles. The Kier molecular flexibility index (Phi) is 3.73. The minimum atomic E-state index is -0.145. The van der Waals surface area contributed by atoms with Crippen molar-refractivity contribution in [3.8, 4) is 0 Å². The Hall–Kier alpha value is -1.01. The van der Waals surface area contributed by atoms with Gasteiger partial charge < -0.3 is 15.7 Å². The van der Waals surface area contributed by atoms with Gasteiger partial charge in [-0.15, -0.1) is 0 Å². The fourth-order valence-electron chi connectivity index (χ4n) is 1.60. The van der Waals surface area contributed by atoms with E-state index < -0.39 is 0 Å². The van der Waals surface area contributed by atoms with Crippen molar-refractivity contribution >= 4 is 23.4 Å². The Morgan fingerprint density at radius 3 is 2.65 bits per heavy atom. The highest BCUT2D eigenvalue weighted by atomic mass is 32.2. The summed E-state index contributed by atoms with van der Waals surface area (Å²) in [6.07, 6.45) is 3.95. The van der Waals surface area contributed by atoms with Crippen LogP contribution in [-0.4, -0.2) is 40.0 Å². The van der Waals surface area contributed by atoms with Crippen molar-refractivity contribution in [3.63, 3.8) is 0 Å². The van der Waals surface area contributed by atoms with E-state index in [9.17, 15) is 5.11 Å². The monoisotopic (exact) mass is 254 g/mol. The van der Waals surface area contributed by atoms with E-state index in [4.69, 9.17) is 0 Å². The summed E-state index contributed by atoms with van der Waals surface area (Å²) in [5, 5.41) is 16.5. The van der Waals surface area contributed by atoms with E-state index in [1.165, 1.54) is 11.8 Å². The summed E-state index contributed by atoms with van der Waals surface area (Å²) >= 11 is 1.51. The lowest BCUT2D eigenvalue weighted by Crippen LogP contribution is -2.26. The molecule has 5 nitrogen and oxygen atoms in total. The highest BCUT2D eigenvalue weighted by molar-refractivity contribution is 7.98. The van der Waals surface area contributed by atoms with Gasteiger partial charge in [-0.05, 0) is 26.0 Å².